The molecule has 3 fully saturated rings. The standard InChI is InChI=1S/C31H25Cl2F5N2O6/c1-29(2,3)40-25(42)12-9-8-11-13(16(12)26(40)43)10-30(32)27(44)39(24-22(37)20(35)19(34)21(36)23(24)38)28(45)31(30,33)18(11)17-14(41)6-5-7-15(17)46-4/h5-8,12-13,16,18,41H,9-10H2,1-4H3/t12-,13+,16-,18+,30+,31-/m0/s1. The maximum absolute atomic E-state index is 15.1. The second kappa shape index (κ2) is 10.1. The summed E-state index contributed by atoms with van der Waals surface area (Å²) in [4.78, 5) is 51.3. The number of carbonyl (C=O) groups excluding carboxylic acids is 4. The lowest BCUT2D eigenvalue weighted by Gasteiger charge is -2.51. The van der Waals surface area contributed by atoms with E-state index in [0.717, 1.165) is 4.90 Å². The lowest BCUT2D eigenvalue weighted by molar-refractivity contribution is -0.145. The van der Waals surface area contributed by atoms with Crippen molar-refractivity contribution in [2.24, 2.45) is 17.8 Å². The number of phenols is 1. The molecular weight excluding hydrogens is 662 g/mol. The van der Waals surface area contributed by atoms with Crippen molar-refractivity contribution in [2.45, 2.75) is 54.8 Å². The van der Waals surface area contributed by atoms with Gasteiger partial charge in [-0.05, 0) is 51.7 Å². The Hall–Kier alpha value is -3.71. The van der Waals surface area contributed by atoms with Gasteiger partial charge in [0, 0.05) is 17.0 Å². The van der Waals surface area contributed by atoms with Crippen LogP contribution >= 0.6 is 23.2 Å². The van der Waals surface area contributed by atoms with Gasteiger partial charge < -0.3 is 9.84 Å². The highest BCUT2D eigenvalue weighted by Gasteiger charge is 2.77. The predicted molar refractivity (Wildman–Crippen MR) is 153 cm³/mol. The van der Waals surface area contributed by atoms with Crippen molar-refractivity contribution >= 4 is 52.5 Å². The second-order valence-corrected chi connectivity index (χ2v) is 14.0. The summed E-state index contributed by atoms with van der Waals surface area (Å²) in [5.74, 6) is -22.1. The molecule has 244 valence electrons. The Morgan fingerprint density at radius 3 is 2.04 bits per heavy atom. The van der Waals surface area contributed by atoms with E-state index in [4.69, 9.17) is 27.9 Å². The number of fused-ring (bicyclic) bond motifs is 4. The Labute approximate surface area is 268 Å². The first-order valence-corrected chi connectivity index (χ1v) is 14.8. The van der Waals surface area contributed by atoms with Gasteiger partial charge in [-0.3, -0.25) is 24.1 Å². The quantitative estimate of drug-likeness (QED) is 0.115. The van der Waals surface area contributed by atoms with Crippen molar-refractivity contribution in [1.29, 1.82) is 0 Å². The number of anilines is 1. The highest BCUT2D eigenvalue weighted by atomic mass is 35.5. The first-order valence-electron chi connectivity index (χ1n) is 14.1. The van der Waals surface area contributed by atoms with Crippen LogP contribution in [0.3, 0.4) is 0 Å². The molecule has 46 heavy (non-hydrogen) atoms. The molecule has 15 heteroatoms. The number of methoxy groups -OCH3 is 1. The first-order chi connectivity index (χ1) is 21.4. The van der Waals surface area contributed by atoms with E-state index in [0.29, 0.717) is 0 Å². The summed E-state index contributed by atoms with van der Waals surface area (Å²) in [6.45, 7) is 4.96. The third-order valence-corrected chi connectivity index (χ3v) is 10.9. The Morgan fingerprint density at radius 2 is 1.48 bits per heavy atom. The van der Waals surface area contributed by atoms with E-state index in [9.17, 15) is 37.5 Å². The van der Waals surface area contributed by atoms with E-state index in [1.54, 1.807) is 26.8 Å². The maximum atomic E-state index is 15.1. The number of hydrogen-bond acceptors (Lipinski definition) is 6. The zero-order valence-corrected chi connectivity index (χ0v) is 26.1. The number of likely N-dealkylation sites (tertiary alicyclic amines) is 1. The Balaban J connectivity index is 1.64. The molecule has 0 spiro atoms. The van der Waals surface area contributed by atoms with Gasteiger partial charge in [0.25, 0.3) is 11.8 Å². The fraction of sp³-hybridized carbons (Fsp3) is 0.419. The van der Waals surface area contributed by atoms with Crippen LogP contribution in [0.25, 0.3) is 0 Å². The smallest absolute Gasteiger partial charge is 0.258 e. The number of rotatable bonds is 3. The first kappa shape index (κ1) is 32.2. The molecule has 2 heterocycles. The van der Waals surface area contributed by atoms with Crippen molar-refractivity contribution in [3.05, 3.63) is 64.5 Å². The highest BCUT2D eigenvalue weighted by Crippen LogP contribution is 2.67. The number of amides is 4. The predicted octanol–water partition coefficient (Wildman–Crippen LogP) is 5.46. The van der Waals surface area contributed by atoms with Crippen LogP contribution in [0.15, 0.2) is 29.8 Å². The van der Waals surface area contributed by atoms with Crippen molar-refractivity contribution in [2.75, 3.05) is 12.0 Å². The maximum Gasteiger partial charge on any atom is 0.258 e. The molecule has 0 radical (unpaired) electrons. The van der Waals surface area contributed by atoms with Gasteiger partial charge in [0.1, 0.15) is 17.2 Å². The van der Waals surface area contributed by atoms with Crippen LogP contribution in [0.4, 0.5) is 27.6 Å². The minimum Gasteiger partial charge on any atom is -0.508 e. The molecule has 6 rings (SSSR count). The molecule has 2 saturated heterocycles. The molecule has 4 aliphatic rings. The molecule has 2 aromatic carbocycles. The average molecular weight is 687 g/mol. The zero-order chi connectivity index (χ0) is 34.0. The summed E-state index contributed by atoms with van der Waals surface area (Å²) in [5, 5.41) is 11.1. The van der Waals surface area contributed by atoms with Crippen LogP contribution in [0, 0.1) is 46.8 Å². The fourth-order valence-corrected chi connectivity index (χ4v) is 8.46. The lowest BCUT2D eigenvalue weighted by atomic mass is 9.56. The summed E-state index contributed by atoms with van der Waals surface area (Å²) in [5.41, 5.74) is -2.82. The second-order valence-electron chi connectivity index (χ2n) is 12.8. The van der Waals surface area contributed by atoms with Gasteiger partial charge in [0.15, 0.2) is 33.0 Å². The summed E-state index contributed by atoms with van der Waals surface area (Å²) in [7, 11) is 1.22. The summed E-state index contributed by atoms with van der Waals surface area (Å²) < 4.78 is 78.4. The minimum atomic E-state index is -2.78. The number of alkyl halides is 2. The number of carbonyl (C=O) groups is 4. The number of nitrogens with zero attached hydrogens (tertiary/aromatic N) is 2. The Bertz CT molecular complexity index is 1780. The highest BCUT2D eigenvalue weighted by molar-refractivity contribution is 6.58. The number of hydrogen-bond donors (Lipinski definition) is 1. The number of phenolic OH excluding ortho intramolecular Hbond substituents is 1. The monoisotopic (exact) mass is 686 g/mol. The molecule has 2 aliphatic heterocycles. The van der Waals surface area contributed by atoms with E-state index in [1.165, 1.54) is 25.3 Å². The zero-order valence-electron chi connectivity index (χ0n) is 24.6. The number of benzene rings is 2. The van der Waals surface area contributed by atoms with Gasteiger partial charge in [0.05, 0.1) is 18.9 Å². The molecule has 0 bridgehead atoms. The van der Waals surface area contributed by atoms with Gasteiger partial charge in [-0.15, -0.1) is 23.2 Å². The number of allylic oxidation sites excluding steroid dienone is 2. The Morgan fingerprint density at radius 1 is 0.891 bits per heavy atom. The molecule has 0 aromatic heterocycles. The average Bonchev–Trinajstić information content (AvgIpc) is 3.34. The molecule has 2 aliphatic carbocycles. The van der Waals surface area contributed by atoms with Crippen LogP contribution in [-0.4, -0.2) is 56.0 Å². The molecule has 1 saturated carbocycles. The van der Waals surface area contributed by atoms with Gasteiger partial charge in [-0.2, -0.15) is 0 Å². The molecule has 2 aromatic rings. The van der Waals surface area contributed by atoms with Crippen molar-refractivity contribution in [1.82, 2.24) is 4.90 Å². The van der Waals surface area contributed by atoms with E-state index >= 15 is 8.78 Å². The van der Waals surface area contributed by atoms with Gasteiger partial charge in [-0.1, -0.05) is 17.7 Å². The summed E-state index contributed by atoms with van der Waals surface area (Å²) >= 11 is 14.2. The van der Waals surface area contributed by atoms with Gasteiger partial charge in [0.2, 0.25) is 17.6 Å². The van der Waals surface area contributed by atoms with Gasteiger partial charge in [-0.25, -0.2) is 26.9 Å². The normalized spacial score (nSPS) is 30.8. The van der Waals surface area contributed by atoms with Crippen LogP contribution in [-0.2, 0) is 19.2 Å². The molecule has 0 unspecified atom stereocenters. The molecule has 4 amide bonds. The third kappa shape index (κ3) is 3.84. The number of halogens is 7. The minimum absolute atomic E-state index is 0.0220. The number of ether oxygens (including phenoxy) is 1. The molecule has 6 atom stereocenters. The Kier molecular flexibility index (Phi) is 7.11. The fourth-order valence-electron chi connectivity index (χ4n) is 7.55. The topological polar surface area (TPSA) is 104 Å². The SMILES string of the molecule is COc1cccc(O)c1[C@H]1C2=CC[C@@H]3C(=O)N(C(C)(C)C)C(=O)[C@@H]3[C@@H]2C[C@@]2(Cl)C(=O)N(c3c(F)c(F)c(F)c(F)c3F)C(=O)[C@@]12Cl. The van der Waals surface area contributed by atoms with Crippen molar-refractivity contribution in [3.63, 3.8) is 0 Å². The van der Waals surface area contributed by atoms with Crippen LogP contribution in [0.5, 0.6) is 11.5 Å². The molecular formula is C31H25Cl2F5N2O6. The summed E-state index contributed by atoms with van der Waals surface area (Å²) in [6, 6.07) is 3.98. The van der Waals surface area contributed by atoms with Crippen LogP contribution < -0.4 is 9.64 Å². The van der Waals surface area contributed by atoms with E-state index in [-0.39, 0.29) is 28.2 Å². The third-order valence-electron chi connectivity index (χ3n) is 9.44. The van der Waals surface area contributed by atoms with E-state index < -0.39 is 110 Å². The van der Waals surface area contributed by atoms with Crippen LogP contribution in [0.2, 0.25) is 0 Å². The lowest BCUT2D eigenvalue weighted by Crippen LogP contribution is -2.60. The summed E-state index contributed by atoms with van der Waals surface area (Å²) in [6.07, 6.45) is 0.871. The van der Waals surface area contributed by atoms with Gasteiger partial charge >= 0.3 is 0 Å². The van der Waals surface area contributed by atoms with Crippen LogP contribution in [0.1, 0.15) is 45.1 Å². The largest absolute Gasteiger partial charge is 0.508 e. The van der Waals surface area contributed by atoms with Crippen molar-refractivity contribution in [3.8, 4) is 11.5 Å². The van der Waals surface area contributed by atoms with E-state index in [1.807, 2.05) is 0 Å². The number of aromatic hydroxyl groups is 1. The number of imide groups is 2. The molecule has 8 nitrogen and oxygen atoms in total. The van der Waals surface area contributed by atoms with Crippen molar-refractivity contribution < 1.29 is 51.0 Å². The van der Waals surface area contributed by atoms with E-state index in [2.05, 4.69) is 0 Å². The molecule has 1 N–H and O–H groups in total.